The van der Waals surface area contributed by atoms with Crippen LogP contribution in [0.25, 0.3) is 0 Å². The zero-order valence-corrected chi connectivity index (χ0v) is 10.2. The molecule has 19 heavy (non-hydrogen) atoms. The van der Waals surface area contributed by atoms with Gasteiger partial charge in [0.05, 0.1) is 11.8 Å². The van der Waals surface area contributed by atoms with Crippen LogP contribution in [0.5, 0.6) is 0 Å². The maximum atomic E-state index is 11.9. The third-order valence-electron chi connectivity index (χ3n) is 3.02. The lowest BCUT2D eigenvalue weighted by molar-refractivity contribution is -0.147. The Morgan fingerprint density at radius 1 is 1.21 bits per heavy atom. The summed E-state index contributed by atoms with van der Waals surface area (Å²) in [6.45, 7) is -0.0924. The van der Waals surface area contributed by atoms with E-state index in [-0.39, 0.29) is 19.4 Å². The van der Waals surface area contributed by atoms with Gasteiger partial charge in [0, 0.05) is 13.0 Å². The molecule has 0 spiro atoms. The molecular formula is C12H16F3NO3. The zero-order chi connectivity index (χ0) is 14.5. The normalized spacial score (nSPS) is 23.1. The monoisotopic (exact) mass is 279 g/mol. The van der Waals surface area contributed by atoms with Crippen molar-refractivity contribution in [1.82, 2.24) is 5.32 Å². The van der Waals surface area contributed by atoms with Crippen molar-refractivity contribution in [2.45, 2.75) is 31.9 Å². The van der Waals surface area contributed by atoms with Crippen molar-refractivity contribution in [2.24, 2.45) is 11.8 Å². The highest BCUT2D eigenvalue weighted by Crippen LogP contribution is 2.26. The van der Waals surface area contributed by atoms with Gasteiger partial charge >= 0.3 is 12.1 Å². The molecule has 0 aliphatic heterocycles. The number of carboxylic acid groups (broad SMARTS) is 1. The molecule has 1 aliphatic rings. The van der Waals surface area contributed by atoms with E-state index in [1.54, 1.807) is 12.2 Å². The zero-order valence-electron chi connectivity index (χ0n) is 10.2. The average molecular weight is 279 g/mol. The van der Waals surface area contributed by atoms with Crippen molar-refractivity contribution in [2.75, 3.05) is 6.54 Å². The Hall–Kier alpha value is -1.53. The van der Waals surface area contributed by atoms with Crippen LogP contribution in [0.4, 0.5) is 13.2 Å². The van der Waals surface area contributed by atoms with Gasteiger partial charge in [0.2, 0.25) is 5.91 Å². The Balaban J connectivity index is 2.40. The molecular weight excluding hydrogens is 263 g/mol. The number of alkyl halides is 3. The number of halogens is 3. The molecule has 1 aliphatic carbocycles. The number of nitrogens with one attached hydrogen (secondary N) is 1. The second-order valence-electron chi connectivity index (χ2n) is 4.50. The SMILES string of the molecule is O=C(O)[C@H]1CC=CC[C@H]1C(=O)NCCCC(F)(F)F. The molecule has 0 saturated carbocycles. The predicted octanol–water partition coefficient (Wildman–Crippen LogP) is 2.11. The van der Waals surface area contributed by atoms with Crippen molar-refractivity contribution in [3.8, 4) is 0 Å². The minimum atomic E-state index is -4.23. The van der Waals surface area contributed by atoms with Crippen LogP contribution in [-0.4, -0.2) is 29.7 Å². The summed E-state index contributed by atoms with van der Waals surface area (Å²) < 4.78 is 35.7. The first-order valence-electron chi connectivity index (χ1n) is 6.03. The van der Waals surface area contributed by atoms with E-state index in [0.29, 0.717) is 6.42 Å². The topological polar surface area (TPSA) is 66.4 Å². The van der Waals surface area contributed by atoms with Gasteiger partial charge in [-0.05, 0) is 19.3 Å². The van der Waals surface area contributed by atoms with Crippen LogP contribution >= 0.6 is 0 Å². The highest BCUT2D eigenvalue weighted by Gasteiger charge is 2.34. The third kappa shape index (κ3) is 5.32. The number of aliphatic carboxylic acids is 1. The molecule has 1 rings (SSSR count). The number of carbonyl (C=O) groups excluding carboxylic acids is 1. The summed E-state index contributed by atoms with van der Waals surface area (Å²) in [7, 11) is 0. The molecule has 4 nitrogen and oxygen atoms in total. The van der Waals surface area contributed by atoms with Gasteiger partial charge in [0.25, 0.3) is 0 Å². The first-order chi connectivity index (χ1) is 8.81. The molecule has 0 aromatic heterocycles. The van der Waals surface area contributed by atoms with E-state index in [9.17, 15) is 22.8 Å². The van der Waals surface area contributed by atoms with Gasteiger partial charge in [-0.25, -0.2) is 0 Å². The fourth-order valence-corrected chi connectivity index (χ4v) is 2.01. The van der Waals surface area contributed by atoms with Crippen LogP contribution in [0.2, 0.25) is 0 Å². The molecule has 0 aromatic carbocycles. The first-order valence-corrected chi connectivity index (χ1v) is 6.03. The molecule has 108 valence electrons. The van der Waals surface area contributed by atoms with Crippen molar-refractivity contribution in [3.63, 3.8) is 0 Å². The summed E-state index contributed by atoms with van der Waals surface area (Å²) in [6, 6.07) is 0. The summed E-state index contributed by atoms with van der Waals surface area (Å²) in [6.07, 6.45) is -1.39. The highest BCUT2D eigenvalue weighted by molar-refractivity contribution is 5.85. The standard InChI is InChI=1S/C12H16F3NO3/c13-12(14,15)6-3-7-16-10(17)8-4-1-2-5-9(8)11(18)19/h1-2,8-9H,3-7H2,(H,16,17)(H,18,19)/t8-,9+/m1/s1. The van der Waals surface area contributed by atoms with Crippen molar-refractivity contribution in [3.05, 3.63) is 12.2 Å². The van der Waals surface area contributed by atoms with Crippen molar-refractivity contribution >= 4 is 11.9 Å². The molecule has 0 unspecified atom stereocenters. The lowest BCUT2D eigenvalue weighted by atomic mass is 9.82. The van der Waals surface area contributed by atoms with E-state index in [2.05, 4.69) is 5.32 Å². The number of carbonyl (C=O) groups is 2. The first kappa shape index (κ1) is 15.5. The van der Waals surface area contributed by atoms with Crippen LogP contribution in [0.15, 0.2) is 12.2 Å². The molecule has 0 fully saturated rings. The number of hydrogen-bond acceptors (Lipinski definition) is 2. The number of hydrogen-bond donors (Lipinski definition) is 2. The van der Waals surface area contributed by atoms with E-state index >= 15 is 0 Å². The number of rotatable bonds is 5. The number of carboxylic acids is 1. The Labute approximate surface area is 108 Å². The van der Waals surface area contributed by atoms with Gasteiger partial charge in [-0.15, -0.1) is 0 Å². The van der Waals surface area contributed by atoms with Crippen LogP contribution < -0.4 is 5.32 Å². The van der Waals surface area contributed by atoms with E-state index in [0.717, 1.165) is 0 Å². The molecule has 0 radical (unpaired) electrons. The smallest absolute Gasteiger partial charge is 0.389 e. The van der Waals surface area contributed by atoms with Crippen molar-refractivity contribution in [1.29, 1.82) is 0 Å². The van der Waals surface area contributed by atoms with Crippen LogP contribution in [0.1, 0.15) is 25.7 Å². The van der Waals surface area contributed by atoms with E-state index < -0.39 is 36.3 Å². The van der Waals surface area contributed by atoms with Crippen molar-refractivity contribution < 1.29 is 27.9 Å². The lowest BCUT2D eigenvalue weighted by Crippen LogP contribution is -2.39. The second-order valence-corrected chi connectivity index (χ2v) is 4.50. The molecule has 0 heterocycles. The largest absolute Gasteiger partial charge is 0.481 e. The average Bonchev–Trinajstić information content (AvgIpc) is 2.33. The molecule has 0 bridgehead atoms. The third-order valence-corrected chi connectivity index (χ3v) is 3.02. The molecule has 1 amide bonds. The minimum Gasteiger partial charge on any atom is -0.481 e. The quantitative estimate of drug-likeness (QED) is 0.598. The summed E-state index contributed by atoms with van der Waals surface area (Å²) in [5, 5.41) is 11.3. The van der Waals surface area contributed by atoms with Crippen LogP contribution in [-0.2, 0) is 9.59 Å². The Morgan fingerprint density at radius 3 is 2.32 bits per heavy atom. The van der Waals surface area contributed by atoms with Gasteiger partial charge in [0.15, 0.2) is 0 Å². The fraction of sp³-hybridized carbons (Fsp3) is 0.667. The molecule has 7 heteroatoms. The molecule has 2 N–H and O–H groups in total. The van der Waals surface area contributed by atoms with E-state index in [4.69, 9.17) is 5.11 Å². The Kier molecular flexibility index (Phi) is 5.38. The number of amides is 1. The summed E-state index contributed by atoms with van der Waals surface area (Å²) in [5.41, 5.74) is 0. The van der Waals surface area contributed by atoms with E-state index in [1.807, 2.05) is 0 Å². The summed E-state index contributed by atoms with van der Waals surface area (Å²) in [5.74, 6) is -3.04. The summed E-state index contributed by atoms with van der Waals surface area (Å²) >= 11 is 0. The summed E-state index contributed by atoms with van der Waals surface area (Å²) in [4.78, 5) is 22.7. The fourth-order valence-electron chi connectivity index (χ4n) is 2.01. The minimum absolute atomic E-state index is 0.0924. The lowest BCUT2D eigenvalue weighted by Gasteiger charge is -2.24. The van der Waals surface area contributed by atoms with Gasteiger partial charge in [-0.3, -0.25) is 9.59 Å². The van der Waals surface area contributed by atoms with Gasteiger partial charge in [0.1, 0.15) is 0 Å². The predicted molar refractivity (Wildman–Crippen MR) is 61.3 cm³/mol. The molecule has 2 atom stereocenters. The van der Waals surface area contributed by atoms with Gasteiger partial charge < -0.3 is 10.4 Å². The number of allylic oxidation sites excluding steroid dienone is 2. The maximum absolute atomic E-state index is 11.9. The van der Waals surface area contributed by atoms with Gasteiger partial charge in [-0.2, -0.15) is 13.2 Å². The van der Waals surface area contributed by atoms with Gasteiger partial charge in [-0.1, -0.05) is 12.2 Å². The second kappa shape index (κ2) is 6.58. The van der Waals surface area contributed by atoms with E-state index in [1.165, 1.54) is 0 Å². The molecule has 0 aromatic rings. The van der Waals surface area contributed by atoms with Crippen LogP contribution in [0, 0.1) is 11.8 Å². The van der Waals surface area contributed by atoms with Crippen LogP contribution in [0.3, 0.4) is 0 Å². The Bertz CT molecular complexity index is 366. The Morgan fingerprint density at radius 2 is 1.79 bits per heavy atom. The highest BCUT2D eigenvalue weighted by atomic mass is 19.4. The molecule has 0 saturated heterocycles. The maximum Gasteiger partial charge on any atom is 0.389 e.